The summed E-state index contributed by atoms with van der Waals surface area (Å²) in [4.78, 5) is 18.0. The Hall–Kier alpha value is -4.42. The third-order valence-corrected chi connectivity index (χ3v) is 6.58. The Balaban J connectivity index is 1.51. The van der Waals surface area contributed by atoms with E-state index in [9.17, 15) is 4.79 Å². The van der Waals surface area contributed by atoms with Gasteiger partial charge in [0, 0.05) is 36.1 Å². The highest BCUT2D eigenvalue weighted by molar-refractivity contribution is 5.95. The first kappa shape index (κ1) is 24.3. The maximum absolute atomic E-state index is 13.0. The van der Waals surface area contributed by atoms with Crippen molar-refractivity contribution in [2.75, 3.05) is 5.32 Å². The summed E-state index contributed by atoms with van der Waals surface area (Å²) in [6, 6.07) is 26.1. The van der Waals surface area contributed by atoms with E-state index in [1.165, 1.54) is 0 Å². The minimum atomic E-state index is -0.148. The van der Waals surface area contributed by atoms with Crippen LogP contribution in [0.25, 0.3) is 16.9 Å². The van der Waals surface area contributed by atoms with Gasteiger partial charge in [0.2, 0.25) is 0 Å². The third kappa shape index (κ3) is 5.10. The van der Waals surface area contributed by atoms with Crippen molar-refractivity contribution in [2.24, 2.45) is 5.73 Å². The maximum Gasteiger partial charge on any atom is 0.251 e. The van der Waals surface area contributed by atoms with E-state index in [1.54, 1.807) is 0 Å². The molecule has 3 aromatic carbocycles. The lowest BCUT2D eigenvalue weighted by molar-refractivity contribution is 0.0951. The number of rotatable bonds is 7. The van der Waals surface area contributed by atoms with Crippen LogP contribution in [0.1, 0.15) is 38.2 Å². The van der Waals surface area contributed by atoms with E-state index in [-0.39, 0.29) is 5.91 Å². The lowest BCUT2D eigenvalue weighted by atomic mass is 10.1. The number of amides is 1. The molecule has 0 atom stereocenters. The fraction of sp³-hybridized carbons (Fsp3) is 0.161. The molecule has 0 saturated carbocycles. The number of nitrogens with one attached hydrogen (secondary N) is 2. The summed E-state index contributed by atoms with van der Waals surface area (Å²) in [6.07, 6.45) is 1.90. The first-order valence-corrected chi connectivity index (χ1v) is 12.4. The zero-order valence-corrected chi connectivity index (χ0v) is 21.4. The van der Waals surface area contributed by atoms with Gasteiger partial charge < -0.3 is 16.4 Å². The van der Waals surface area contributed by atoms with Crippen molar-refractivity contribution in [1.82, 2.24) is 14.7 Å². The van der Waals surface area contributed by atoms with E-state index >= 15 is 0 Å². The second-order valence-electron chi connectivity index (χ2n) is 9.42. The molecular weight excluding hydrogens is 458 g/mol. The van der Waals surface area contributed by atoms with Crippen molar-refractivity contribution < 1.29 is 4.79 Å². The van der Waals surface area contributed by atoms with E-state index < -0.39 is 0 Å². The molecule has 5 rings (SSSR count). The second-order valence-corrected chi connectivity index (χ2v) is 9.42. The van der Waals surface area contributed by atoms with Crippen molar-refractivity contribution in [3.05, 3.63) is 118 Å². The number of para-hydroxylation sites is 1. The number of nitrogens with zero attached hydrogens (tertiary/aromatic N) is 2. The SMILES string of the molecule is Cc1cccc(-c2nc3cc(C(=O)NCc4cccc(CN)c4)ccn3c2Nc2c(C)cccc2C)c1. The molecule has 0 saturated heterocycles. The van der Waals surface area contributed by atoms with Crippen LogP contribution in [0.2, 0.25) is 0 Å². The van der Waals surface area contributed by atoms with Gasteiger partial charge in [0.05, 0.1) is 0 Å². The fourth-order valence-electron chi connectivity index (χ4n) is 4.58. The molecule has 0 fully saturated rings. The average Bonchev–Trinajstić information content (AvgIpc) is 3.27. The third-order valence-electron chi connectivity index (χ3n) is 6.58. The predicted molar refractivity (Wildman–Crippen MR) is 150 cm³/mol. The van der Waals surface area contributed by atoms with Crippen LogP contribution < -0.4 is 16.4 Å². The monoisotopic (exact) mass is 489 g/mol. The summed E-state index contributed by atoms with van der Waals surface area (Å²) >= 11 is 0. The van der Waals surface area contributed by atoms with Gasteiger partial charge in [0.25, 0.3) is 5.91 Å². The van der Waals surface area contributed by atoms with Gasteiger partial charge in [-0.2, -0.15) is 0 Å². The van der Waals surface area contributed by atoms with Crippen molar-refractivity contribution >= 4 is 23.1 Å². The summed E-state index contributed by atoms with van der Waals surface area (Å²) in [6.45, 7) is 7.16. The topological polar surface area (TPSA) is 84.5 Å². The van der Waals surface area contributed by atoms with Gasteiger partial charge in [0.15, 0.2) is 0 Å². The molecular formula is C31H31N5O. The van der Waals surface area contributed by atoms with Crippen molar-refractivity contribution in [1.29, 1.82) is 0 Å². The Labute approximate surface area is 217 Å². The Morgan fingerprint density at radius 2 is 1.62 bits per heavy atom. The molecule has 0 unspecified atom stereocenters. The van der Waals surface area contributed by atoms with Gasteiger partial charge in [0.1, 0.15) is 17.2 Å². The van der Waals surface area contributed by atoms with Crippen LogP contribution in [0.4, 0.5) is 11.5 Å². The molecule has 6 nitrogen and oxygen atoms in total. The van der Waals surface area contributed by atoms with Crippen LogP contribution in [-0.4, -0.2) is 15.3 Å². The Morgan fingerprint density at radius 1 is 0.892 bits per heavy atom. The number of aromatic nitrogens is 2. The highest BCUT2D eigenvalue weighted by atomic mass is 16.1. The van der Waals surface area contributed by atoms with Gasteiger partial charge in [-0.1, -0.05) is 66.2 Å². The Kier molecular flexibility index (Phi) is 6.75. The smallest absolute Gasteiger partial charge is 0.251 e. The summed E-state index contributed by atoms with van der Waals surface area (Å²) in [5, 5.41) is 6.66. The van der Waals surface area contributed by atoms with Crippen LogP contribution in [0, 0.1) is 20.8 Å². The van der Waals surface area contributed by atoms with Crippen LogP contribution in [0.15, 0.2) is 85.1 Å². The molecule has 0 bridgehead atoms. The second kappa shape index (κ2) is 10.3. The molecule has 37 heavy (non-hydrogen) atoms. The van der Waals surface area contributed by atoms with Gasteiger partial charge in [-0.25, -0.2) is 4.98 Å². The standard InChI is InChI=1S/C31H31N5O/c1-20-7-4-12-25(15-20)29-30(35-28-21(2)8-5-9-22(28)3)36-14-13-26(17-27(36)34-29)31(37)33-19-24-11-6-10-23(16-24)18-32/h4-17,35H,18-19,32H2,1-3H3,(H,33,37). The van der Waals surface area contributed by atoms with Gasteiger partial charge in [-0.15, -0.1) is 0 Å². The van der Waals surface area contributed by atoms with E-state index in [0.717, 1.165) is 50.6 Å². The number of hydrogen-bond donors (Lipinski definition) is 3. The molecule has 2 heterocycles. The lowest BCUT2D eigenvalue weighted by Crippen LogP contribution is -2.23. The maximum atomic E-state index is 13.0. The zero-order chi connectivity index (χ0) is 25.9. The van der Waals surface area contributed by atoms with Gasteiger partial charge >= 0.3 is 0 Å². The number of hydrogen-bond acceptors (Lipinski definition) is 4. The van der Waals surface area contributed by atoms with Gasteiger partial charge in [-0.3, -0.25) is 9.20 Å². The summed E-state index contributed by atoms with van der Waals surface area (Å²) in [5.41, 5.74) is 15.4. The summed E-state index contributed by atoms with van der Waals surface area (Å²) in [5.74, 6) is 0.716. The zero-order valence-electron chi connectivity index (χ0n) is 21.4. The molecule has 0 radical (unpaired) electrons. The van der Waals surface area contributed by atoms with Crippen LogP contribution >= 0.6 is 0 Å². The minimum Gasteiger partial charge on any atom is -0.348 e. The highest BCUT2D eigenvalue weighted by Gasteiger charge is 2.18. The largest absolute Gasteiger partial charge is 0.348 e. The molecule has 0 spiro atoms. The lowest BCUT2D eigenvalue weighted by Gasteiger charge is -2.14. The molecule has 0 aliphatic carbocycles. The molecule has 1 amide bonds. The Bertz CT molecular complexity index is 1580. The first-order chi connectivity index (χ1) is 17.9. The van der Waals surface area contributed by atoms with Crippen LogP contribution in [-0.2, 0) is 13.1 Å². The number of aryl methyl sites for hydroxylation is 3. The number of nitrogens with two attached hydrogens (primary N) is 1. The summed E-state index contributed by atoms with van der Waals surface area (Å²) in [7, 11) is 0. The van der Waals surface area contributed by atoms with Crippen molar-refractivity contribution in [3.63, 3.8) is 0 Å². The number of benzene rings is 3. The molecule has 186 valence electrons. The molecule has 0 aliphatic rings. The minimum absolute atomic E-state index is 0.148. The first-order valence-electron chi connectivity index (χ1n) is 12.4. The number of imidazole rings is 1. The number of pyridine rings is 1. The van der Waals surface area contributed by atoms with Crippen molar-refractivity contribution in [3.8, 4) is 11.3 Å². The summed E-state index contributed by atoms with van der Waals surface area (Å²) < 4.78 is 2.01. The molecule has 5 aromatic rings. The normalized spacial score (nSPS) is 11.0. The number of anilines is 2. The van der Waals surface area contributed by atoms with E-state index in [1.807, 2.05) is 53.1 Å². The molecule has 0 aliphatic heterocycles. The number of carbonyl (C=O) groups excluding carboxylic acids is 1. The number of carbonyl (C=O) groups is 1. The van der Waals surface area contributed by atoms with Crippen molar-refractivity contribution in [2.45, 2.75) is 33.9 Å². The molecule has 6 heteroatoms. The highest BCUT2D eigenvalue weighted by Crippen LogP contribution is 2.34. The Morgan fingerprint density at radius 3 is 2.38 bits per heavy atom. The number of fused-ring (bicyclic) bond motifs is 1. The fourth-order valence-corrected chi connectivity index (χ4v) is 4.58. The molecule has 4 N–H and O–H groups in total. The predicted octanol–water partition coefficient (Wildman–Crippen LogP) is 6.06. The quantitative estimate of drug-likeness (QED) is 0.259. The average molecular weight is 490 g/mol. The van der Waals surface area contributed by atoms with Gasteiger partial charge in [-0.05, 0) is 61.2 Å². The molecule has 2 aromatic heterocycles. The van der Waals surface area contributed by atoms with Crippen LogP contribution in [0.3, 0.4) is 0 Å². The van der Waals surface area contributed by atoms with E-state index in [4.69, 9.17) is 10.7 Å². The van der Waals surface area contributed by atoms with Crippen LogP contribution in [0.5, 0.6) is 0 Å². The van der Waals surface area contributed by atoms with E-state index in [0.29, 0.717) is 24.3 Å². The van der Waals surface area contributed by atoms with E-state index in [2.05, 4.69) is 67.8 Å².